The van der Waals surface area contributed by atoms with E-state index in [1.54, 1.807) is 12.3 Å². The quantitative estimate of drug-likeness (QED) is 0.812. The van der Waals surface area contributed by atoms with Crippen LogP contribution in [0.4, 0.5) is 0 Å². The minimum atomic E-state index is 0.00946. The minimum Gasteiger partial charge on any atom is -0.353 e. The molecule has 1 aromatic heterocycles. The number of pyridine rings is 1. The van der Waals surface area contributed by atoms with Gasteiger partial charge in [-0.15, -0.1) is 0 Å². The van der Waals surface area contributed by atoms with Crippen LogP contribution in [0.15, 0.2) is 23.4 Å². The van der Waals surface area contributed by atoms with Crippen molar-refractivity contribution in [1.82, 2.24) is 15.2 Å². The van der Waals surface area contributed by atoms with E-state index in [9.17, 15) is 9.59 Å². The minimum absolute atomic E-state index is 0.00946. The van der Waals surface area contributed by atoms with Crippen LogP contribution in [0.5, 0.6) is 0 Å². The van der Waals surface area contributed by atoms with Gasteiger partial charge in [0.2, 0.25) is 5.91 Å². The lowest BCUT2D eigenvalue weighted by atomic mass is 10.1. The molecule has 1 N–H and O–H groups in total. The molecule has 0 radical (unpaired) electrons. The van der Waals surface area contributed by atoms with Crippen LogP contribution in [0.3, 0.4) is 0 Å². The molecule has 6 heteroatoms. The second-order valence-corrected chi connectivity index (χ2v) is 7.27. The van der Waals surface area contributed by atoms with Crippen molar-refractivity contribution < 1.29 is 9.59 Å². The first-order valence-electron chi connectivity index (χ1n) is 8.15. The number of carbonyl (C=O) groups is 2. The van der Waals surface area contributed by atoms with E-state index in [0.717, 1.165) is 31.0 Å². The maximum atomic E-state index is 12.2. The van der Waals surface area contributed by atoms with Gasteiger partial charge in [-0.3, -0.25) is 9.59 Å². The fourth-order valence-electron chi connectivity index (χ4n) is 2.30. The summed E-state index contributed by atoms with van der Waals surface area (Å²) >= 11 is 1.39. The molecule has 1 atom stereocenters. The van der Waals surface area contributed by atoms with Gasteiger partial charge < -0.3 is 10.2 Å². The number of nitrogens with one attached hydrogen (secondary N) is 1. The standard InChI is InChI=1S/C17H25N3O2S/c1-12(2)13(3)19-15(21)11-23-16-7-6-14(10-18-16)17(22)20-8-4-5-9-20/h6-7,10,12-13H,4-5,8-9,11H2,1-3H3,(H,19,21). The van der Waals surface area contributed by atoms with Crippen LogP contribution in [0.2, 0.25) is 0 Å². The number of amides is 2. The van der Waals surface area contributed by atoms with Gasteiger partial charge in [-0.1, -0.05) is 25.6 Å². The first-order valence-corrected chi connectivity index (χ1v) is 9.13. The van der Waals surface area contributed by atoms with Crippen LogP contribution in [0.25, 0.3) is 0 Å². The van der Waals surface area contributed by atoms with E-state index in [1.807, 2.05) is 17.9 Å². The molecule has 1 aliphatic rings. The van der Waals surface area contributed by atoms with Crippen molar-refractivity contribution in [2.75, 3.05) is 18.8 Å². The van der Waals surface area contributed by atoms with Crippen LogP contribution in [0, 0.1) is 5.92 Å². The van der Waals surface area contributed by atoms with Crippen molar-refractivity contribution in [3.63, 3.8) is 0 Å². The summed E-state index contributed by atoms with van der Waals surface area (Å²) < 4.78 is 0. The molecule has 0 aliphatic carbocycles. The molecule has 0 bridgehead atoms. The number of carbonyl (C=O) groups excluding carboxylic acids is 2. The fraction of sp³-hybridized carbons (Fsp3) is 0.588. The molecule has 1 fully saturated rings. The van der Waals surface area contributed by atoms with Gasteiger partial charge in [0.15, 0.2) is 0 Å². The Morgan fingerprint density at radius 1 is 1.26 bits per heavy atom. The number of hydrogen-bond acceptors (Lipinski definition) is 4. The molecule has 0 spiro atoms. The van der Waals surface area contributed by atoms with Crippen molar-refractivity contribution in [1.29, 1.82) is 0 Å². The molecule has 126 valence electrons. The Morgan fingerprint density at radius 3 is 2.52 bits per heavy atom. The highest BCUT2D eigenvalue weighted by Gasteiger charge is 2.19. The van der Waals surface area contributed by atoms with Crippen LogP contribution < -0.4 is 5.32 Å². The van der Waals surface area contributed by atoms with Crippen molar-refractivity contribution in [3.05, 3.63) is 23.9 Å². The Balaban J connectivity index is 1.83. The predicted molar refractivity (Wildman–Crippen MR) is 92.5 cm³/mol. The first kappa shape index (κ1) is 17.8. The summed E-state index contributed by atoms with van der Waals surface area (Å²) in [6.45, 7) is 7.84. The van der Waals surface area contributed by atoms with Crippen molar-refractivity contribution >= 4 is 23.6 Å². The van der Waals surface area contributed by atoms with Gasteiger partial charge >= 0.3 is 0 Å². The lowest BCUT2D eigenvalue weighted by molar-refractivity contribution is -0.119. The Hall–Kier alpha value is -1.56. The van der Waals surface area contributed by atoms with E-state index in [0.29, 0.717) is 17.2 Å². The zero-order chi connectivity index (χ0) is 16.8. The summed E-state index contributed by atoms with van der Waals surface area (Å²) in [5.41, 5.74) is 0.620. The number of hydrogen-bond donors (Lipinski definition) is 1. The summed E-state index contributed by atoms with van der Waals surface area (Å²) in [7, 11) is 0. The van der Waals surface area contributed by atoms with Crippen LogP contribution in [-0.4, -0.2) is 46.6 Å². The van der Waals surface area contributed by atoms with Crippen molar-refractivity contribution in [2.45, 2.75) is 44.7 Å². The smallest absolute Gasteiger partial charge is 0.255 e. The molecule has 1 saturated heterocycles. The normalized spacial score (nSPS) is 15.7. The lowest BCUT2D eigenvalue weighted by Gasteiger charge is -2.17. The van der Waals surface area contributed by atoms with E-state index in [-0.39, 0.29) is 17.9 Å². The molecule has 1 aliphatic heterocycles. The van der Waals surface area contributed by atoms with Crippen molar-refractivity contribution in [3.8, 4) is 0 Å². The van der Waals surface area contributed by atoms with Crippen LogP contribution in [0.1, 0.15) is 44.0 Å². The highest BCUT2D eigenvalue weighted by molar-refractivity contribution is 7.99. The highest BCUT2D eigenvalue weighted by Crippen LogP contribution is 2.17. The molecular formula is C17H25N3O2S. The largest absolute Gasteiger partial charge is 0.353 e. The summed E-state index contributed by atoms with van der Waals surface area (Å²) in [4.78, 5) is 30.2. The molecule has 0 aromatic carbocycles. The molecule has 0 saturated carbocycles. The number of likely N-dealkylation sites (tertiary alicyclic amines) is 1. The lowest BCUT2D eigenvalue weighted by Crippen LogP contribution is -2.37. The van der Waals surface area contributed by atoms with Crippen LogP contribution in [-0.2, 0) is 4.79 Å². The molecular weight excluding hydrogens is 310 g/mol. The Bertz CT molecular complexity index is 539. The molecule has 2 rings (SSSR count). The summed E-state index contributed by atoms with van der Waals surface area (Å²) in [5, 5.41) is 3.73. The fourth-order valence-corrected chi connectivity index (χ4v) is 2.95. The number of rotatable bonds is 6. The molecule has 2 amide bonds. The van der Waals surface area contributed by atoms with E-state index < -0.39 is 0 Å². The van der Waals surface area contributed by atoms with Crippen molar-refractivity contribution in [2.24, 2.45) is 5.92 Å². The number of thioether (sulfide) groups is 1. The SMILES string of the molecule is CC(C)C(C)NC(=O)CSc1ccc(C(=O)N2CCCC2)cn1. The second kappa shape index (κ2) is 8.34. The third-order valence-corrected chi connectivity index (χ3v) is 5.06. The maximum absolute atomic E-state index is 12.2. The average molecular weight is 335 g/mol. The topological polar surface area (TPSA) is 62.3 Å². The van der Waals surface area contributed by atoms with Gasteiger partial charge in [0.05, 0.1) is 16.3 Å². The monoisotopic (exact) mass is 335 g/mol. The Kier molecular flexibility index (Phi) is 6.45. The van der Waals surface area contributed by atoms with E-state index in [2.05, 4.69) is 24.1 Å². The van der Waals surface area contributed by atoms with Gasteiger partial charge in [0.1, 0.15) is 0 Å². The van der Waals surface area contributed by atoms with E-state index >= 15 is 0 Å². The summed E-state index contributed by atoms with van der Waals surface area (Å²) in [6.07, 6.45) is 3.77. The first-order chi connectivity index (χ1) is 11.0. The number of aromatic nitrogens is 1. The second-order valence-electron chi connectivity index (χ2n) is 6.27. The predicted octanol–water partition coefficient (Wildman–Crippen LogP) is 2.57. The zero-order valence-electron chi connectivity index (χ0n) is 14.0. The molecule has 1 aromatic rings. The van der Waals surface area contributed by atoms with E-state index in [4.69, 9.17) is 0 Å². The van der Waals surface area contributed by atoms with Gasteiger partial charge in [-0.05, 0) is 37.8 Å². The molecule has 23 heavy (non-hydrogen) atoms. The van der Waals surface area contributed by atoms with E-state index in [1.165, 1.54) is 11.8 Å². The number of nitrogens with zero attached hydrogens (tertiary/aromatic N) is 2. The summed E-state index contributed by atoms with van der Waals surface area (Å²) in [6, 6.07) is 3.77. The average Bonchev–Trinajstić information content (AvgIpc) is 3.07. The maximum Gasteiger partial charge on any atom is 0.255 e. The van der Waals surface area contributed by atoms with Gasteiger partial charge in [-0.25, -0.2) is 4.98 Å². The Labute approximate surface area is 142 Å². The van der Waals surface area contributed by atoms with Gasteiger partial charge in [0, 0.05) is 25.3 Å². The van der Waals surface area contributed by atoms with Gasteiger partial charge in [0.25, 0.3) is 5.91 Å². The zero-order valence-corrected chi connectivity index (χ0v) is 14.9. The molecule has 5 nitrogen and oxygen atoms in total. The highest BCUT2D eigenvalue weighted by atomic mass is 32.2. The Morgan fingerprint density at radius 2 is 1.96 bits per heavy atom. The van der Waals surface area contributed by atoms with Crippen LogP contribution >= 0.6 is 11.8 Å². The third-order valence-electron chi connectivity index (χ3n) is 4.12. The van der Waals surface area contributed by atoms with Gasteiger partial charge in [-0.2, -0.15) is 0 Å². The molecule has 2 heterocycles. The summed E-state index contributed by atoms with van der Waals surface area (Å²) in [5.74, 6) is 0.812. The third kappa shape index (κ3) is 5.23. The molecule has 1 unspecified atom stereocenters.